The Bertz CT molecular complexity index is 1380. The molecular weight excluding hydrogens is 417 g/mol. The number of nitrogens with one attached hydrogen (secondary N) is 3. The minimum Gasteiger partial charge on any atom is -0.361 e. The van der Waals surface area contributed by atoms with Crippen LogP contribution in [0.2, 0.25) is 0 Å². The van der Waals surface area contributed by atoms with Gasteiger partial charge in [-0.3, -0.25) is 9.52 Å². The number of fused-ring (bicyclic) bond motifs is 1. The number of H-pyrrole nitrogens is 1. The van der Waals surface area contributed by atoms with E-state index in [2.05, 4.69) is 15.0 Å². The molecule has 0 atom stereocenters. The van der Waals surface area contributed by atoms with Crippen molar-refractivity contribution in [2.45, 2.75) is 18.2 Å². The summed E-state index contributed by atoms with van der Waals surface area (Å²) < 4.78 is 41.8. The van der Waals surface area contributed by atoms with E-state index in [1.165, 1.54) is 30.3 Å². The van der Waals surface area contributed by atoms with Gasteiger partial charge in [0.1, 0.15) is 5.82 Å². The smallest absolute Gasteiger partial charge is 0.262 e. The fourth-order valence-electron chi connectivity index (χ4n) is 3.37. The lowest BCUT2D eigenvalue weighted by Gasteiger charge is -2.13. The highest BCUT2D eigenvalue weighted by Gasteiger charge is 2.20. The van der Waals surface area contributed by atoms with Gasteiger partial charge in [0.2, 0.25) is 5.91 Å². The summed E-state index contributed by atoms with van der Waals surface area (Å²) in [7, 11) is -4.05. The van der Waals surface area contributed by atoms with Crippen LogP contribution in [-0.2, 0) is 21.2 Å². The number of sulfonamides is 1. The van der Waals surface area contributed by atoms with E-state index in [-0.39, 0.29) is 22.9 Å². The normalized spacial score (nSPS) is 11.4. The number of benzene rings is 3. The third-order valence-corrected chi connectivity index (χ3v) is 6.41. The largest absolute Gasteiger partial charge is 0.361 e. The first kappa shape index (κ1) is 20.6. The SMILES string of the molecule is Cc1ccc(NC(=O)Cc2c[nH]c3ccccc23)cc1S(=O)(=O)Nc1ccccc1F. The van der Waals surface area contributed by atoms with Gasteiger partial charge < -0.3 is 10.3 Å². The van der Waals surface area contributed by atoms with Gasteiger partial charge in [-0.05, 0) is 48.4 Å². The highest BCUT2D eigenvalue weighted by Crippen LogP contribution is 2.25. The number of aryl methyl sites for hydroxylation is 1. The number of anilines is 2. The van der Waals surface area contributed by atoms with Crippen LogP contribution in [0.4, 0.5) is 15.8 Å². The molecule has 0 aliphatic rings. The molecule has 0 fully saturated rings. The lowest BCUT2D eigenvalue weighted by atomic mass is 10.1. The van der Waals surface area contributed by atoms with E-state index in [0.717, 1.165) is 16.5 Å². The van der Waals surface area contributed by atoms with Crippen molar-refractivity contribution in [1.82, 2.24) is 4.98 Å². The molecule has 4 rings (SSSR count). The average Bonchev–Trinajstić information content (AvgIpc) is 3.14. The van der Waals surface area contributed by atoms with Gasteiger partial charge in [0, 0.05) is 22.8 Å². The lowest BCUT2D eigenvalue weighted by molar-refractivity contribution is -0.115. The molecule has 0 saturated heterocycles. The molecule has 8 heteroatoms. The number of halogens is 1. The van der Waals surface area contributed by atoms with Crippen molar-refractivity contribution in [1.29, 1.82) is 0 Å². The first-order chi connectivity index (χ1) is 14.8. The number of aromatic amines is 1. The monoisotopic (exact) mass is 437 g/mol. The molecule has 1 amide bonds. The summed E-state index contributed by atoms with van der Waals surface area (Å²) in [5.74, 6) is -0.953. The van der Waals surface area contributed by atoms with Crippen LogP contribution in [0, 0.1) is 12.7 Å². The van der Waals surface area contributed by atoms with Crippen molar-refractivity contribution in [3.63, 3.8) is 0 Å². The van der Waals surface area contributed by atoms with Crippen LogP contribution in [0.1, 0.15) is 11.1 Å². The Morgan fingerprint density at radius 2 is 1.77 bits per heavy atom. The minimum atomic E-state index is -4.05. The second-order valence-corrected chi connectivity index (χ2v) is 8.80. The quantitative estimate of drug-likeness (QED) is 0.412. The second-order valence-electron chi connectivity index (χ2n) is 7.15. The first-order valence-corrected chi connectivity index (χ1v) is 11.0. The Hall–Kier alpha value is -3.65. The summed E-state index contributed by atoms with van der Waals surface area (Å²) in [5.41, 5.74) is 2.45. The number of carbonyl (C=O) groups is 1. The zero-order valence-electron chi connectivity index (χ0n) is 16.6. The van der Waals surface area contributed by atoms with Gasteiger partial charge in [0.05, 0.1) is 17.0 Å². The number of rotatable bonds is 6. The molecule has 0 saturated carbocycles. The Balaban J connectivity index is 1.54. The molecule has 1 heterocycles. The molecule has 0 radical (unpaired) electrons. The summed E-state index contributed by atoms with van der Waals surface area (Å²) in [6, 6.07) is 17.8. The van der Waals surface area contributed by atoms with Crippen molar-refractivity contribution in [2.24, 2.45) is 0 Å². The van der Waals surface area contributed by atoms with E-state index in [9.17, 15) is 17.6 Å². The number of hydrogen-bond donors (Lipinski definition) is 3. The molecule has 158 valence electrons. The number of amides is 1. The third kappa shape index (κ3) is 4.44. The fraction of sp³-hybridized carbons (Fsp3) is 0.0870. The number of carbonyl (C=O) groups excluding carboxylic acids is 1. The third-order valence-electron chi connectivity index (χ3n) is 4.91. The van der Waals surface area contributed by atoms with E-state index in [1.807, 2.05) is 24.3 Å². The van der Waals surface area contributed by atoms with Crippen molar-refractivity contribution in [2.75, 3.05) is 10.0 Å². The van der Waals surface area contributed by atoms with Crippen molar-refractivity contribution in [3.8, 4) is 0 Å². The maximum absolute atomic E-state index is 13.9. The lowest BCUT2D eigenvalue weighted by Crippen LogP contribution is -2.17. The Labute approximate surface area is 179 Å². The van der Waals surface area contributed by atoms with Crippen LogP contribution in [0.25, 0.3) is 10.9 Å². The Morgan fingerprint density at radius 3 is 2.58 bits per heavy atom. The standard InChI is InChI=1S/C23H20FN3O3S/c1-15-10-11-17(13-22(15)31(29,30)27-21-9-5-3-7-19(21)24)26-23(28)12-16-14-25-20-8-4-2-6-18(16)20/h2-11,13-14,25,27H,12H2,1H3,(H,26,28). The topological polar surface area (TPSA) is 91.1 Å². The summed E-state index contributed by atoms with van der Waals surface area (Å²) >= 11 is 0. The van der Waals surface area contributed by atoms with Gasteiger partial charge in [-0.2, -0.15) is 0 Å². The maximum atomic E-state index is 13.9. The van der Waals surface area contributed by atoms with E-state index < -0.39 is 15.8 Å². The zero-order chi connectivity index (χ0) is 22.0. The van der Waals surface area contributed by atoms with Gasteiger partial charge >= 0.3 is 0 Å². The summed E-state index contributed by atoms with van der Waals surface area (Å²) in [6.07, 6.45) is 1.92. The molecule has 0 unspecified atom stereocenters. The molecule has 6 nitrogen and oxygen atoms in total. The Morgan fingerprint density at radius 1 is 1.03 bits per heavy atom. The molecule has 0 bridgehead atoms. The molecule has 3 N–H and O–H groups in total. The van der Waals surface area contributed by atoms with Crippen LogP contribution >= 0.6 is 0 Å². The highest BCUT2D eigenvalue weighted by atomic mass is 32.2. The predicted octanol–water partition coefficient (Wildman–Crippen LogP) is 4.60. The van der Waals surface area contributed by atoms with Gasteiger partial charge in [-0.1, -0.05) is 36.4 Å². The zero-order valence-corrected chi connectivity index (χ0v) is 17.5. The summed E-state index contributed by atoms with van der Waals surface area (Å²) in [4.78, 5) is 15.6. The molecule has 0 spiro atoms. The second kappa shape index (κ2) is 8.23. The molecule has 3 aromatic carbocycles. The molecule has 0 aliphatic heterocycles. The Kier molecular flexibility index (Phi) is 5.48. The van der Waals surface area contributed by atoms with Gasteiger partial charge in [0.25, 0.3) is 10.0 Å². The van der Waals surface area contributed by atoms with Crippen LogP contribution in [-0.4, -0.2) is 19.3 Å². The van der Waals surface area contributed by atoms with Crippen molar-refractivity contribution >= 4 is 38.2 Å². The van der Waals surface area contributed by atoms with E-state index in [4.69, 9.17) is 0 Å². The molecular formula is C23H20FN3O3S. The van der Waals surface area contributed by atoms with E-state index in [1.54, 1.807) is 25.3 Å². The van der Waals surface area contributed by atoms with Gasteiger partial charge in [-0.25, -0.2) is 12.8 Å². The van der Waals surface area contributed by atoms with Crippen molar-refractivity contribution in [3.05, 3.63) is 89.9 Å². The van der Waals surface area contributed by atoms with E-state index in [0.29, 0.717) is 11.3 Å². The van der Waals surface area contributed by atoms with Crippen LogP contribution in [0.5, 0.6) is 0 Å². The molecule has 4 aromatic rings. The summed E-state index contributed by atoms with van der Waals surface area (Å²) in [5, 5.41) is 3.70. The van der Waals surface area contributed by atoms with Crippen LogP contribution in [0.3, 0.4) is 0 Å². The van der Waals surface area contributed by atoms with E-state index >= 15 is 0 Å². The van der Waals surface area contributed by atoms with Crippen LogP contribution < -0.4 is 10.0 Å². The highest BCUT2D eigenvalue weighted by molar-refractivity contribution is 7.92. The van der Waals surface area contributed by atoms with Gasteiger partial charge in [0.15, 0.2) is 0 Å². The molecule has 0 aliphatic carbocycles. The maximum Gasteiger partial charge on any atom is 0.262 e. The fourth-order valence-corrected chi connectivity index (χ4v) is 4.71. The molecule has 1 aromatic heterocycles. The first-order valence-electron chi connectivity index (χ1n) is 9.56. The van der Waals surface area contributed by atoms with Crippen LogP contribution in [0.15, 0.2) is 77.8 Å². The number of hydrogen-bond acceptors (Lipinski definition) is 3. The van der Waals surface area contributed by atoms with Gasteiger partial charge in [-0.15, -0.1) is 0 Å². The molecule has 31 heavy (non-hydrogen) atoms. The average molecular weight is 437 g/mol. The number of aromatic nitrogens is 1. The summed E-state index contributed by atoms with van der Waals surface area (Å²) in [6.45, 7) is 1.63. The van der Waals surface area contributed by atoms with Crippen molar-refractivity contribution < 1.29 is 17.6 Å². The predicted molar refractivity (Wildman–Crippen MR) is 119 cm³/mol. The minimum absolute atomic E-state index is 0.0411. The number of para-hydroxylation sites is 2.